The predicted molar refractivity (Wildman–Crippen MR) is 92.3 cm³/mol. The van der Waals surface area contributed by atoms with Gasteiger partial charge in [0.05, 0.1) is 0 Å². The van der Waals surface area contributed by atoms with Crippen molar-refractivity contribution in [3.05, 3.63) is 29.3 Å². The Hall–Kier alpha value is -0.730. The number of unbranched alkanes of at least 4 members (excludes halogenated alkanes) is 1. The van der Waals surface area contributed by atoms with Gasteiger partial charge in [-0.2, -0.15) is 0 Å². The Morgan fingerprint density at radius 3 is 2.62 bits per heavy atom. The Kier molecular flexibility index (Phi) is 8.79. The maximum Gasteiger partial charge on any atom is 0.121 e. The van der Waals surface area contributed by atoms with E-state index >= 15 is 0 Å². The average Bonchev–Trinajstić information content (AvgIpc) is 2.47. The predicted octanol–water partition coefficient (Wildman–Crippen LogP) is 5.30. The van der Waals surface area contributed by atoms with E-state index in [1.165, 1.54) is 25.7 Å². The van der Waals surface area contributed by atoms with Crippen molar-refractivity contribution in [2.45, 2.75) is 65.0 Å². The summed E-state index contributed by atoms with van der Waals surface area (Å²) in [6.07, 6.45) is 6.43. The maximum absolute atomic E-state index is 6.05. The zero-order valence-electron chi connectivity index (χ0n) is 13.9. The lowest BCUT2D eigenvalue weighted by Crippen LogP contribution is -2.40. The van der Waals surface area contributed by atoms with E-state index in [9.17, 15) is 0 Å². The van der Waals surface area contributed by atoms with Crippen LogP contribution >= 0.6 is 11.6 Å². The molecule has 0 saturated heterocycles. The number of ether oxygens (including phenoxy) is 1. The van der Waals surface area contributed by atoms with E-state index in [0.29, 0.717) is 6.04 Å². The quantitative estimate of drug-likeness (QED) is 0.633. The van der Waals surface area contributed by atoms with Gasteiger partial charge in [0.15, 0.2) is 0 Å². The molecule has 21 heavy (non-hydrogen) atoms. The van der Waals surface area contributed by atoms with Crippen molar-refractivity contribution < 1.29 is 4.74 Å². The number of halogens is 1. The lowest BCUT2D eigenvalue weighted by Gasteiger charge is -2.28. The summed E-state index contributed by atoms with van der Waals surface area (Å²) in [5, 5.41) is 4.14. The van der Waals surface area contributed by atoms with Crippen molar-refractivity contribution >= 4 is 11.6 Å². The Balaban J connectivity index is 2.57. The minimum absolute atomic E-state index is 0.129. The van der Waals surface area contributed by atoms with Crippen LogP contribution < -0.4 is 10.1 Å². The molecule has 1 aromatic rings. The van der Waals surface area contributed by atoms with Gasteiger partial charge in [0.1, 0.15) is 11.9 Å². The van der Waals surface area contributed by atoms with Crippen LogP contribution in [0.2, 0.25) is 5.02 Å². The maximum atomic E-state index is 6.05. The van der Waals surface area contributed by atoms with Crippen molar-refractivity contribution in [2.24, 2.45) is 5.92 Å². The van der Waals surface area contributed by atoms with Crippen LogP contribution in [0.3, 0.4) is 0 Å². The first-order valence-corrected chi connectivity index (χ1v) is 8.57. The first kappa shape index (κ1) is 18.3. The number of rotatable bonds is 10. The van der Waals surface area contributed by atoms with Crippen molar-refractivity contribution in [2.75, 3.05) is 7.05 Å². The van der Waals surface area contributed by atoms with E-state index in [1.807, 2.05) is 31.3 Å². The molecule has 0 amide bonds. The molecule has 0 aromatic heterocycles. The summed E-state index contributed by atoms with van der Waals surface area (Å²) in [6.45, 7) is 6.68. The van der Waals surface area contributed by atoms with Crippen molar-refractivity contribution in [1.82, 2.24) is 5.32 Å². The summed E-state index contributed by atoms with van der Waals surface area (Å²) < 4.78 is 6.05. The third-order valence-electron chi connectivity index (χ3n) is 4.19. The van der Waals surface area contributed by atoms with E-state index in [0.717, 1.165) is 23.1 Å². The zero-order chi connectivity index (χ0) is 15.7. The van der Waals surface area contributed by atoms with Crippen LogP contribution in [0.25, 0.3) is 0 Å². The molecule has 0 aliphatic rings. The smallest absolute Gasteiger partial charge is 0.121 e. The SMILES string of the molecule is CCCCC(CC)CC(NC)C(C)Oc1cccc(Cl)c1. The van der Waals surface area contributed by atoms with Crippen LogP contribution in [0.5, 0.6) is 5.75 Å². The number of nitrogens with one attached hydrogen (secondary N) is 1. The molecule has 0 heterocycles. The van der Waals surface area contributed by atoms with Gasteiger partial charge in [-0.05, 0) is 44.5 Å². The van der Waals surface area contributed by atoms with Crippen molar-refractivity contribution in [3.8, 4) is 5.75 Å². The minimum Gasteiger partial charge on any atom is -0.489 e. The summed E-state index contributed by atoms with van der Waals surface area (Å²) in [4.78, 5) is 0. The van der Waals surface area contributed by atoms with E-state index in [1.54, 1.807) is 0 Å². The Bertz CT molecular complexity index is 397. The van der Waals surface area contributed by atoms with Gasteiger partial charge in [0, 0.05) is 11.1 Å². The van der Waals surface area contributed by atoms with Crippen LogP contribution in [0.15, 0.2) is 24.3 Å². The highest BCUT2D eigenvalue weighted by Crippen LogP contribution is 2.23. The Morgan fingerprint density at radius 1 is 1.29 bits per heavy atom. The van der Waals surface area contributed by atoms with Gasteiger partial charge >= 0.3 is 0 Å². The number of hydrogen-bond donors (Lipinski definition) is 1. The molecule has 1 aromatic carbocycles. The molecule has 3 heteroatoms. The third kappa shape index (κ3) is 6.71. The van der Waals surface area contributed by atoms with Gasteiger partial charge in [-0.15, -0.1) is 0 Å². The summed E-state index contributed by atoms with van der Waals surface area (Å²) >= 11 is 6.01. The van der Waals surface area contributed by atoms with Crippen LogP contribution in [0.1, 0.15) is 52.9 Å². The van der Waals surface area contributed by atoms with Gasteiger partial charge in [-0.3, -0.25) is 0 Å². The Labute approximate surface area is 135 Å². The molecule has 0 bridgehead atoms. The van der Waals surface area contributed by atoms with Crippen molar-refractivity contribution in [3.63, 3.8) is 0 Å². The number of likely N-dealkylation sites (N-methyl/N-ethyl adjacent to an activating group) is 1. The molecule has 2 nitrogen and oxygen atoms in total. The van der Waals surface area contributed by atoms with Gasteiger partial charge in [0.2, 0.25) is 0 Å². The third-order valence-corrected chi connectivity index (χ3v) is 4.42. The van der Waals surface area contributed by atoms with Crippen molar-refractivity contribution in [1.29, 1.82) is 0 Å². The molecule has 0 aliphatic carbocycles. The van der Waals surface area contributed by atoms with Gasteiger partial charge in [-0.25, -0.2) is 0 Å². The molecule has 1 rings (SSSR count). The highest BCUT2D eigenvalue weighted by Gasteiger charge is 2.21. The highest BCUT2D eigenvalue weighted by molar-refractivity contribution is 6.30. The molecule has 3 atom stereocenters. The second-order valence-electron chi connectivity index (χ2n) is 5.83. The van der Waals surface area contributed by atoms with Gasteiger partial charge < -0.3 is 10.1 Å². The van der Waals surface area contributed by atoms with Crippen LogP contribution in [0, 0.1) is 5.92 Å². The summed E-state index contributed by atoms with van der Waals surface area (Å²) in [5.41, 5.74) is 0. The first-order valence-electron chi connectivity index (χ1n) is 8.20. The molecule has 0 spiro atoms. The van der Waals surface area contributed by atoms with E-state index in [-0.39, 0.29) is 6.10 Å². The topological polar surface area (TPSA) is 21.3 Å². The molecule has 0 saturated carbocycles. The fourth-order valence-corrected chi connectivity index (χ4v) is 2.90. The molecule has 120 valence electrons. The summed E-state index contributed by atoms with van der Waals surface area (Å²) in [6, 6.07) is 8.00. The second kappa shape index (κ2) is 10.1. The highest BCUT2D eigenvalue weighted by atomic mass is 35.5. The first-order chi connectivity index (χ1) is 10.1. The molecule has 3 unspecified atom stereocenters. The number of benzene rings is 1. The largest absolute Gasteiger partial charge is 0.489 e. The lowest BCUT2D eigenvalue weighted by atomic mass is 9.90. The van der Waals surface area contributed by atoms with Crippen LogP contribution in [-0.4, -0.2) is 19.2 Å². The monoisotopic (exact) mass is 311 g/mol. The van der Waals surface area contributed by atoms with Crippen LogP contribution in [0.4, 0.5) is 0 Å². The zero-order valence-corrected chi connectivity index (χ0v) is 14.6. The molecule has 0 fully saturated rings. The fraction of sp³-hybridized carbons (Fsp3) is 0.667. The summed E-state index contributed by atoms with van der Waals surface area (Å²) in [5.74, 6) is 1.62. The fourth-order valence-electron chi connectivity index (χ4n) is 2.72. The summed E-state index contributed by atoms with van der Waals surface area (Å²) in [7, 11) is 2.02. The van der Waals surface area contributed by atoms with Gasteiger partial charge in [0.25, 0.3) is 0 Å². The normalized spacial score (nSPS) is 15.5. The second-order valence-corrected chi connectivity index (χ2v) is 6.26. The molecule has 1 N–H and O–H groups in total. The standard InChI is InChI=1S/C18H30ClNO/c1-5-7-9-15(6-2)12-18(20-4)14(3)21-17-11-8-10-16(19)13-17/h8,10-11,13-15,18,20H,5-7,9,12H2,1-4H3. The van der Waals surface area contributed by atoms with E-state index in [4.69, 9.17) is 16.3 Å². The lowest BCUT2D eigenvalue weighted by molar-refractivity contribution is 0.154. The van der Waals surface area contributed by atoms with E-state index in [2.05, 4.69) is 26.1 Å². The van der Waals surface area contributed by atoms with Gasteiger partial charge in [-0.1, -0.05) is 57.2 Å². The average molecular weight is 312 g/mol. The van der Waals surface area contributed by atoms with Crippen LogP contribution in [-0.2, 0) is 0 Å². The molecule has 0 aliphatic heterocycles. The molecular formula is C18H30ClNO. The molecule has 0 radical (unpaired) electrons. The molecular weight excluding hydrogens is 282 g/mol. The number of hydrogen-bond acceptors (Lipinski definition) is 2. The minimum atomic E-state index is 0.129. The van der Waals surface area contributed by atoms with E-state index < -0.39 is 0 Å². The Morgan fingerprint density at radius 2 is 2.05 bits per heavy atom.